The van der Waals surface area contributed by atoms with E-state index < -0.39 is 24.3 Å². The summed E-state index contributed by atoms with van der Waals surface area (Å²) in [6.07, 6.45) is 0. The summed E-state index contributed by atoms with van der Waals surface area (Å²) < 4.78 is 28.8. The summed E-state index contributed by atoms with van der Waals surface area (Å²) >= 11 is 5.60. The average Bonchev–Trinajstić information content (AvgIpc) is 2.62. The maximum Gasteiger partial charge on any atom is 0.338 e. The highest BCUT2D eigenvalue weighted by atomic mass is 35.5. The molecule has 2 aromatic carbocycles. The van der Waals surface area contributed by atoms with Crippen LogP contribution in [0.15, 0.2) is 36.4 Å². The van der Waals surface area contributed by atoms with Crippen LogP contribution in [0.4, 0.5) is 10.1 Å². The Morgan fingerprint density at radius 2 is 1.88 bits per heavy atom. The molecule has 0 aliphatic carbocycles. The van der Waals surface area contributed by atoms with Gasteiger partial charge in [-0.2, -0.15) is 0 Å². The normalized spacial score (nSPS) is 12.4. The molecule has 0 atom stereocenters. The molecule has 0 saturated carbocycles. The third-order valence-corrected chi connectivity index (χ3v) is 3.61. The van der Waals surface area contributed by atoms with Crippen LogP contribution in [0.3, 0.4) is 0 Å². The molecular formula is C17H13ClFNO5. The van der Waals surface area contributed by atoms with Gasteiger partial charge in [-0.15, -0.1) is 0 Å². The molecule has 1 aliphatic rings. The molecular weight excluding hydrogens is 353 g/mol. The highest BCUT2D eigenvalue weighted by molar-refractivity contribution is 6.31. The largest absolute Gasteiger partial charge is 0.486 e. The molecule has 8 heteroatoms. The van der Waals surface area contributed by atoms with E-state index in [-0.39, 0.29) is 10.6 Å². The Bertz CT molecular complexity index is 827. The third-order valence-electron chi connectivity index (χ3n) is 3.32. The molecule has 1 aliphatic heterocycles. The Hall–Kier alpha value is -2.80. The predicted octanol–water partition coefficient (Wildman–Crippen LogP) is 3.05. The zero-order chi connectivity index (χ0) is 17.8. The van der Waals surface area contributed by atoms with Gasteiger partial charge in [-0.05, 0) is 30.3 Å². The zero-order valence-corrected chi connectivity index (χ0v) is 13.6. The number of benzene rings is 2. The summed E-state index contributed by atoms with van der Waals surface area (Å²) in [5, 5.41) is 2.38. The first-order chi connectivity index (χ1) is 12.0. The van der Waals surface area contributed by atoms with Crippen molar-refractivity contribution in [3.63, 3.8) is 0 Å². The Labute approximate surface area is 147 Å². The fourth-order valence-corrected chi connectivity index (χ4v) is 2.34. The van der Waals surface area contributed by atoms with E-state index in [0.717, 1.165) is 12.1 Å². The maximum atomic E-state index is 13.1. The average molecular weight is 366 g/mol. The number of esters is 1. The lowest BCUT2D eigenvalue weighted by Crippen LogP contribution is -2.21. The van der Waals surface area contributed by atoms with Gasteiger partial charge in [0.15, 0.2) is 18.1 Å². The Morgan fingerprint density at radius 1 is 1.12 bits per heavy atom. The first-order valence-corrected chi connectivity index (χ1v) is 7.72. The lowest BCUT2D eigenvalue weighted by Gasteiger charge is -2.19. The summed E-state index contributed by atoms with van der Waals surface area (Å²) in [5.74, 6) is -0.821. The number of fused-ring (bicyclic) bond motifs is 1. The molecule has 2 aromatic rings. The van der Waals surface area contributed by atoms with Crippen molar-refractivity contribution in [2.45, 2.75) is 0 Å². The Balaban J connectivity index is 1.55. The van der Waals surface area contributed by atoms with E-state index in [9.17, 15) is 14.0 Å². The number of hydrogen-bond donors (Lipinski definition) is 1. The van der Waals surface area contributed by atoms with Gasteiger partial charge >= 0.3 is 5.97 Å². The molecule has 130 valence electrons. The molecule has 1 amide bonds. The van der Waals surface area contributed by atoms with Crippen LogP contribution >= 0.6 is 11.6 Å². The molecule has 0 bridgehead atoms. The van der Waals surface area contributed by atoms with Crippen molar-refractivity contribution >= 4 is 29.2 Å². The molecule has 25 heavy (non-hydrogen) atoms. The van der Waals surface area contributed by atoms with Crippen LogP contribution in [0.1, 0.15) is 10.4 Å². The van der Waals surface area contributed by atoms with Crippen molar-refractivity contribution in [2.75, 3.05) is 25.1 Å². The van der Waals surface area contributed by atoms with Crippen LogP contribution in [0, 0.1) is 5.82 Å². The van der Waals surface area contributed by atoms with E-state index in [4.69, 9.17) is 25.8 Å². The second kappa shape index (κ2) is 7.40. The quantitative estimate of drug-likeness (QED) is 0.843. The van der Waals surface area contributed by atoms with E-state index >= 15 is 0 Å². The molecule has 0 saturated heterocycles. The van der Waals surface area contributed by atoms with Crippen molar-refractivity contribution in [1.29, 1.82) is 0 Å². The molecule has 0 spiro atoms. The fourth-order valence-electron chi connectivity index (χ4n) is 2.16. The van der Waals surface area contributed by atoms with E-state index in [1.54, 1.807) is 18.2 Å². The van der Waals surface area contributed by atoms with Crippen molar-refractivity contribution in [1.82, 2.24) is 0 Å². The topological polar surface area (TPSA) is 73.9 Å². The first kappa shape index (κ1) is 17.0. The Kier molecular flexibility index (Phi) is 5.04. The van der Waals surface area contributed by atoms with Gasteiger partial charge in [0.25, 0.3) is 5.91 Å². The molecule has 0 radical (unpaired) electrons. The number of nitrogens with one attached hydrogen (secondary N) is 1. The number of halogens is 2. The standard InChI is InChI=1S/C17H13ClFNO5/c18-12-7-10(1-3-13(12)19)17(22)25-9-16(21)20-11-2-4-14-15(8-11)24-6-5-23-14/h1-4,7-8H,5-6,9H2,(H,20,21). The van der Waals surface area contributed by atoms with Gasteiger partial charge in [-0.3, -0.25) is 4.79 Å². The molecule has 0 aromatic heterocycles. The second-order valence-electron chi connectivity index (χ2n) is 5.11. The SMILES string of the molecule is O=C(COC(=O)c1ccc(F)c(Cl)c1)Nc1ccc2c(c1)OCCO2. The van der Waals surface area contributed by atoms with Gasteiger partial charge < -0.3 is 19.5 Å². The lowest BCUT2D eigenvalue weighted by atomic mass is 10.2. The number of anilines is 1. The smallest absolute Gasteiger partial charge is 0.338 e. The van der Waals surface area contributed by atoms with Gasteiger partial charge in [-0.25, -0.2) is 9.18 Å². The summed E-state index contributed by atoms with van der Waals surface area (Å²) in [7, 11) is 0. The number of rotatable bonds is 4. The van der Waals surface area contributed by atoms with E-state index in [2.05, 4.69) is 5.32 Å². The minimum absolute atomic E-state index is 0.0542. The van der Waals surface area contributed by atoms with Crippen LogP contribution in [0.5, 0.6) is 11.5 Å². The monoisotopic (exact) mass is 365 g/mol. The van der Waals surface area contributed by atoms with Crippen LogP contribution in [0.2, 0.25) is 5.02 Å². The van der Waals surface area contributed by atoms with E-state index in [0.29, 0.717) is 30.4 Å². The lowest BCUT2D eigenvalue weighted by molar-refractivity contribution is -0.119. The zero-order valence-electron chi connectivity index (χ0n) is 12.9. The van der Waals surface area contributed by atoms with Crippen LogP contribution in [-0.2, 0) is 9.53 Å². The second-order valence-corrected chi connectivity index (χ2v) is 5.52. The number of amides is 1. The Morgan fingerprint density at radius 3 is 2.64 bits per heavy atom. The van der Waals surface area contributed by atoms with Gasteiger partial charge in [0.2, 0.25) is 0 Å². The number of ether oxygens (including phenoxy) is 3. The molecule has 0 fully saturated rings. The summed E-state index contributed by atoms with van der Waals surface area (Å²) in [6.45, 7) is 0.409. The van der Waals surface area contributed by atoms with Gasteiger partial charge in [0.05, 0.1) is 10.6 Å². The van der Waals surface area contributed by atoms with Crippen LogP contribution in [0.25, 0.3) is 0 Å². The molecule has 6 nitrogen and oxygen atoms in total. The van der Waals surface area contributed by atoms with Crippen molar-refractivity contribution in [2.24, 2.45) is 0 Å². The number of carbonyl (C=O) groups is 2. The van der Waals surface area contributed by atoms with Gasteiger partial charge in [0.1, 0.15) is 19.0 Å². The summed E-state index contributed by atoms with van der Waals surface area (Å²) in [6, 6.07) is 8.35. The fraction of sp³-hybridized carbons (Fsp3) is 0.176. The third kappa shape index (κ3) is 4.19. The highest BCUT2D eigenvalue weighted by Crippen LogP contribution is 2.32. The van der Waals surface area contributed by atoms with Crippen LogP contribution < -0.4 is 14.8 Å². The summed E-state index contributed by atoms with van der Waals surface area (Å²) in [4.78, 5) is 23.7. The van der Waals surface area contributed by atoms with Gasteiger partial charge in [0, 0.05) is 11.8 Å². The highest BCUT2D eigenvalue weighted by Gasteiger charge is 2.15. The molecule has 3 rings (SSSR count). The van der Waals surface area contributed by atoms with Gasteiger partial charge in [-0.1, -0.05) is 11.6 Å². The van der Waals surface area contributed by atoms with Crippen molar-refractivity contribution in [3.05, 3.63) is 52.8 Å². The van der Waals surface area contributed by atoms with Crippen molar-refractivity contribution in [3.8, 4) is 11.5 Å². The van der Waals surface area contributed by atoms with E-state index in [1.807, 2.05) is 0 Å². The van der Waals surface area contributed by atoms with Crippen molar-refractivity contribution < 1.29 is 28.2 Å². The molecule has 1 N–H and O–H groups in total. The van der Waals surface area contributed by atoms with Crippen LogP contribution in [-0.4, -0.2) is 31.7 Å². The van der Waals surface area contributed by atoms with E-state index in [1.165, 1.54) is 6.07 Å². The first-order valence-electron chi connectivity index (χ1n) is 7.34. The minimum atomic E-state index is -0.778. The molecule has 0 unspecified atom stereocenters. The minimum Gasteiger partial charge on any atom is -0.486 e. The maximum absolute atomic E-state index is 13.1. The summed E-state index contributed by atoms with van der Waals surface area (Å²) in [5.41, 5.74) is 0.536. The predicted molar refractivity (Wildman–Crippen MR) is 87.8 cm³/mol. The molecule has 1 heterocycles. The number of hydrogen-bond acceptors (Lipinski definition) is 5. The number of carbonyl (C=O) groups excluding carboxylic acids is 2.